The third-order valence-electron chi connectivity index (χ3n) is 6.65. The molecule has 1 atom stereocenters. The normalized spacial score (nSPS) is 13.4. The van der Waals surface area contributed by atoms with Crippen LogP contribution in [0.3, 0.4) is 0 Å². The van der Waals surface area contributed by atoms with Gasteiger partial charge in [-0.2, -0.15) is 0 Å². The lowest BCUT2D eigenvalue weighted by atomic mass is 10.0. The molecular weight excluding hydrogens is 527 g/mol. The molecule has 8 rings (SSSR count). The molecule has 0 aliphatic carbocycles. The summed E-state index contributed by atoms with van der Waals surface area (Å²) in [6, 6.07) is 36.6. The monoisotopic (exact) mass is 562 g/mol. The quantitative estimate of drug-likeness (QED) is 0.185. The van der Waals surface area contributed by atoms with E-state index in [0.717, 1.165) is 23.0 Å². The van der Waals surface area contributed by atoms with Gasteiger partial charge in [0.1, 0.15) is 23.0 Å². The van der Waals surface area contributed by atoms with Crippen LogP contribution in [-0.4, -0.2) is 0 Å². The van der Waals surface area contributed by atoms with Gasteiger partial charge in [-0.05, 0) is 47.5 Å². The zero-order chi connectivity index (χ0) is 28.2. The Morgan fingerprint density at radius 2 is 1.12 bits per heavy atom. The first-order chi connectivity index (χ1) is 19.8. The van der Waals surface area contributed by atoms with Gasteiger partial charge in [-0.25, -0.2) is 0 Å². The van der Waals surface area contributed by atoms with E-state index >= 15 is 0 Å². The van der Waals surface area contributed by atoms with Gasteiger partial charge < -0.3 is 9.47 Å². The summed E-state index contributed by atoms with van der Waals surface area (Å²) in [5, 5.41) is 6.32. The van der Waals surface area contributed by atoms with Crippen LogP contribution < -0.4 is 25.4 Å². The molecule has 0 saturated carbocycles. The fourth-order valence-electron chi connectivity index (χ4n) is 5.15. The van der Waals surface area contributed by atoms with E-state index in [-0.39, 0.29) is 0 Å². The van der Waals surface area contributed by atoms with Crippen LogP contribution in [0, 0.1) is 0 Å². The Morgan fingerprint density at radius 3 is 1.93 bits per heavy atom. The van der Waals surface area contributed by atoms with Crippen molar-refractivity contribution in [2.45, 2.75) is 41.5 Å². The van der Waals surface area contributed by atoms with E-state index in [4.69, 9.17) is 9.47 Å². The average molecular weight is 563 g/mol. The number of hydrogen-bond donors (Lipinski definition) is 0. The van der Waals surface area contributed by atoms with Gasteiger partial charge in [0.2, 0.25) is 0 Å². The maximum absolute atomic E-state index is 6.51. The van der Waals surface area contributed by atoms with Crippen LogP contribution in [0.2, 0.25) is 0 Å². The Labute approximate surface area is 243 Å². The first kappa shape index (κ1) is 27.9. The highest BCUT2D eigenvalue weighted by Crippen LogP contribution is 2.53. The van der Waals surface area contributed by atoms with Gasteiger partial charge >= 0.3 is 0 Å². The third kappa shape index (κ3) is 4.58. The Bertz CT molecular complexity index is 1790. The zero-order valence-corrected chi connectivity index (χ0v) is 25.7. The summed E-state index contributed by atoms with van der Waals surface area (Å²) in [5.41, 5.74) is 2.44. The summed E-state index contributed by atoms with van der Waals surface area (Å²) in [6.45, 7) is 12.0. The first-order valence-electron chi connectivity index (χ1n) is 14.3. The first-order valence-corrected chi connectivity index (χ1v) is 16.4. The minimum absolute atomic E-state index is 0.731. The molecule has 40 heavy (non-hydrogen) atoms. The van der Waals surface area contributed by atoms with Crippen molar-refractivity contribution >= 4 is 55.3 Å². The van der Waals surface area contributed by atoms with Gasteiger partial charge in [-0.1, -0.05) is 108 Å². The highest BCUT2D eigenvalue weighted by Gasteiger charge is 2.36. The zero-order valence-electron chi connectivity index (χ0n) is 24.0. The van der Waals surface area contributed by atoms with E-state index in [1.54, 1.807) is 0 Å². The smallest absolute Gasteiger partial charge is 0.139 e. The van der Waals surface area contributed by atoms with Gasteiger partial charge in [0, 0.05) is 38.7 Å². The summed E-state index contributed by atoms with van der Waals surface area (Å²) in [6.07, 6.45) is 0. The Morgan fingerprint density at radius 1 is 0.525 bits per heavy atom. The topological polar surface area (TPSA) is 18.5 Å². The van der Waals surface area contributed by atoms with Crippen LogP contribution in [0.15, 0.2) is 103 Å². The van der Waals surface area contributed by atoms with Gasteiger partial charge in [0.15, 0.2) is 0 Å². The van der Waals surface area contributed by atoms with Crippen molar-refractivity contribution in [3.8, 4) is 34.1 Å². The van der Waals surface area contributed by atoms with E-state index in [9.17, 15) is 0 Å². The molecule has 0 fully saturated rings. The third-order valence-corrected chi connectivity index (χ3v) is 10.5. The summed E-state index contributed by atoms with van der Waals surface area (Å²) in [5.74, 6) is 3.71. The van der Waals surface area contributed by atoms with Crippen molar-refractivity contribution in [1.82, 2.24) is 0 Å². The molecule has 0 saturated heterocycles. The molecule has 202 valence electrons. The second kappa shape index (κ2) is 12.3. The van der Waals surface area contributed by atoms with E-state index in [1.807, 2.05) is 65.0 Å². The SMILES string of the molecule is CC.CC.CC.c1ccc2c(c1)Oc1cccc3c1P2c1ccc(-c2cccc4c2sc2ccccc24)cc1O3. The Balaban J connectivity index is 0.000000507. The molecule has 6 aromatic rings. The van der Waals surface area contributed by atoms with Gasteiger partial charge in [-0.15, -0.1) is 11.3 Å². The lowest BCUT2D eigenvalue weighted by molar-refractivity contribution is 0.466. The van der Waals surface area contributed by atoms with Gasteiger partial charge in [-0.3, -0.25) is 0 Å². The van der Waals surface area contributed by atoms with Gasteiger partial charge in [0.25, 0.3) is 0 Å². The van der Waals surface area contributed by atoms with Crippen LogP contribution in [0.5, 0.6) is 23.0 Å². The van der Waals surface area contributed by atoms with Crippen molar-refractivity contribution in [3.63, 3.8) is 0 Å². The molecule has 5 aromatic carbocycles. The maximum Gasteiger partial charge on any atom is 0.139 e. The van der Waals surface area contributed by atoms with Crippen molar-refractivity contribution in [2.24, 2.45) is 0 Å². The molecule has 2 nitrogen and oxygen atoms in total. The summed E-state index contributed by atoms with van der Waals surface area (Å²) in [4.78, 5) is 0. The second-order valence-electron chi connectivity index (χ2n) is 8.57. The number of fused-ring (bicyclic) bond motifs is 7. The lowest BCUT2D eigenvalue weighted by Gasteiger charge is -2.34. The minimum atomic E-state index is -0.731. The predicted octanol–water partition coefficient (Wildman–Crippen LogP) is 10.8. The van der Waals surface area contributed by atoms with Crippen molar-refractivity contribution in [1.29, 1.82) is 0 Å². The molecule has 4 heteroatoms. The van der Waals surface area contributed by atoms with E-state index < -0.39 is 7.92 Å². The minimum Gasteiger partial charge on any atom is -0.456 e. The number of para-hydroxylation sites is 1. The second-order valence-corrected chi connectivity index (χ2v) is 11.7. The Hall–Kier alpha value is -3.65. The molecule has 0 bridgehead atoms. The Kier molecular flexibility index (Phi) is 8.54. The van der Waals surface area contributed by atoms with E-state index in [1.165, 1.54) is 47.2 Å². The highest BCUT2D eigenvalue weighted by atomic mass is 32.1. The molecule has 1 unspecified atom stereocenters. The van der Waals surface area contributed by atoms with E-state index in [0.29, 0.717) is 0 Å². The summed E-state index contributed by atoms with van der Waals surface area (Å²) in [7, 11) is -0.731. The fourth-order valence-corrected chi connectivity index (χ4v) is 8.94. The number of ether oxygens (including phenoxy) is 2. The van der Waals surface area contributed by atoms with Crippen molar-refractivity contribution in [2.75, 3.05) is 0 Å². The highest BCUT2D eigenvalue weighted by molar-refractivity contribution is 7.80. The molecular formula is C36H35O2PS. The molecule has 0 N–H and O–H groups in total. The average Bonchev–Trinajstić information content (AvgIpc) is 3.42. The van der Waals surface area contributed by atoms with Crippen molar-refractivity contribution in [3.05, 3.63) is 103 Å². The van der Waals surface area contributed by atoms with Crippen LogP contribution in [0.4, 0.5) is 0 Å². The standard InChI is InChI=1S/C30H17O2PS.3C2H6/c1-4-14-28-20(7-1)21-9-5-8-19(30(21)34-28)18-15-16-27-25(17-18)32-24-12-6-11-23-29(24)33(27)26-13-3-2-10-22(26)31-23;3*1-2/h1-17H;3*1-2H3. The largest absolute Gasteiger partial charge is 0.456 e. The molecule has 0 radical (unpaired) electrons. The van der Waals surface area contributed by atoms with Crippen molar-refractivity contribution < 1.29 is 9.47 Å². The fraction of sp³-hybridized carbons (Fsp3) is 0.167. The molecule has 1 aromatic heterocycles. The predicted molar refractivity (Wildman–Crippen MR) is 178 cm³/mol. The number of hydrogen-bond acceptors (Lipinski definition) is 3. The lowest BCUT2D eigenvalue weighted by Crippen LogP contribution is -2.31. The molecule has 0 spiro atoms. The molecule has 3 heterocycles. The van der Waals surface area contributed by atoms with Crippen LogP contribution >= 0.6 is 19.3 Å². The maximum atomic E-state index is 6.51. The number of benzene rings is 5. The number of thiophene rings is 1. The molecule has 2 aliphatic rings. The van der Waals surface area contributed by atoms with Gasteiger partial charge in [0.05, 0.1) is 5.30 Å². The van der Waals surface area contributed by atoms with Crippen LogP contribution in [0.25, 0.3) is 31.3 Å². The van der Waals surface area contributed by atoms with Crippen LogP contribution in [0.1, 0.15) is 41.5 Å². The molecule has 0 amide bonds. The van der Waals surface area contributed by atoms with E-state index in [2.05, 4.69) is 91.0 Å². The summed E-state index contributed by atoms with van der Waals surface area (Å²) < 4.78 is 15.4. The number of rotatable bonds is 1. The summed E-state index contributed by atoms with van der Waals surface area (Å²) >= 11 is 1.86. The van der Waals surface area contributed by atoms with Crippen LogP contribution in [-0.2, 0) is 0 Å². The molecule has 2 aliphatic heterocycles.